The summed E-state index contributed by atoms with van der Waals surface area (Å²) >= 11 is 0. The molecular formula is C31H22. The molecule has 0 aliphatic heterocycles. The van der Waals surface area contributed by atoms with E-state index >= 15 is 0 Å². The van der Waals surface area contributed by atoms with E-state index in [1.165, 1.54) is 60.1 Å². The standard InChI is InChI=1S/C31H22/c1-21-30(28-18-8-13-22-10-2-5-15-25(22)28)20-24-12-4-7-17-27(24)31(21)29-19-9-14-23-11-3-6-16-26(23)29/h2-20H,1H3. The third-order valence-electron chi connectivity index (χ3n) is 6.45. The lowest BCUT2D eigenvalue weighted by molar-refractivity contribution is 1.49. The SMILES string of the molecule is Cc1c(-c2cccc3ccccc23)cc2ccccc2c1-c1cccc2ccccc12. The van der Waals surface area contributed by atoms with E-state index in [1.807, 2.05) is 0 Å². The van der Waals surface area contributed by atoms with Gasteiger partial charge in [0, 0.05) is 0 Å². The van der Waals surface area contributed by atoms with Crippen molar-refractivity contribution in [3.8, 4) is 22.3 Å². The first-order valence-corrected chi connectivity index (χ1v) is 10.8. The Labute approximate surface area is 182 Å². The van der Waals surface area contributed by atoms with Crippen molar-refractivity contribution in [2.45, 2.75) is 6.92 Å². The van der Waals surface area contributed by atoms with E-state index in [4.69, 9.17) is 0 Å². The molecule has 0 unspecified atom stereocenters. The van der Waals surface area contributed by atoms with Gasteiger partial charge in [0.1, 0.15) is 0 Å². The predicted octanol–water partition coefficient (Wildman–Crippen LogP) is 8.79. The van der Waals surface area contributed by atoms with Crippen molar-refractivity contribution in [2.75, 3.05) is 0 Å². The highest BCUT2D eigenvalue weighted by molar-refractivity contribution is 6.10. The maximum atomic E-state index is 2.36. The van der Waals surface area contributed by atoms with Crippen LogP contribution in [0.2, 0.25) is 0 Å². The van der Waals surface area contributed by atoms with Crippen molar-refractivity contribution >= 4 is 32.3 Å². The molecule has 6 aromatic carbocycles. The molecule has 0 spiro atoms. The van der Waals surface area contributed by atoms with Crippen molar-refractivity contribution < 1.29 is 0 Å². The van der Waals surface area contributed by atoms with E-state index < -0.39 is 0 Å². The summed E-state index contributed by atoms with van der Waals surface area (Å²) in [5.74, 6) is 0. The highest BCUT2D eigenvalue weighted by Gasteiger charge is 2.16. The Morgan fingerprint density at radius 2 is 0.871 bits per heavy atom. The molecule has 6 rings (SSSR count). The summed E-state index contributed by atoms with van der Waals surface area (Å²) in [5, 5.41) is 7.73. The fraction of sp³-hybridized carbons (Fsp3) is 0.0323. The quantitative estimate of drug-likeness (QED) is 0.275. The second kappa shape index (κ2) is 7.11. The Balaban J connectivity index is 1.76. The Kier molecular flexibility index (Phi) is 4.11. The van der Waals surface area contributed by atoms with Gasteiger partial charge in [-0.25, -0.2) is 0 Å². The van der Waals surface area contributed by atoms with E-state index in [2.05, 4.69) is 122 Å². The van der Waals surface area contributed by atoms with Crippen LogP contribution >= 0.6 is 0 Å². The highest BCUT2D eigenvalue weighted by Crippen LogP contribution is 2.42. The van der Waals surface area contributed by atoms with Crippen molar-refractivity contribution in [1.29, 1.82) is 0 Å². The van der Waals surface area contributed by atoms with E-state index in [0.29, 0.717) is 0 Å². The number of rotatable bonds is 2. The first-order chi connectivity index (χ1) is 15.3. The van der Waals surface area contributed by atoms with Crippen LogP contribution in [0, 0.1) is 6.92 Å². The minimum Gasteiger partial charge on any atom is -0.0616 e. The first-order valence-electron chi connectivity index (χ1n) is 10.8. The van der Waals surface area contributed by atoms with Crippen LogP contribution in [0.4, 0.5) is 0 Å². The smallest absolute Gasteiger partial charge is 0.00637 e. The minimum absolute atomic E-state index is 1.28. The summed E-state index contributed by atoms with van der Waals surface area (Å²) in [7, 11) is 0. The van der Waals surface area contributed by atoms with Gasteiger partial charge in [0.05, 0.1) is 0 Å². The van der Waals surface area contributed by atoms with Crippen LogP contribution in [-0.4, -0.2) is 0 Å². The molecule has 0 bridgehead atoms. The lowest BCUT2D eigenvalue weighted by Crippen LogP contribution is -1.93. The zero-order valence-electron chi connectivity index (χ0n) is 17.5. The van der Waals surface area contributed by atoms with Gasteiger partial charge in [-0.15, -0.1) is 0 Å². The molecule has 0 N–H and O–H groups in total. The van der Waals surface area contributed by atoms with Gasteiger partial charge in [0.15, 0.2) is 0 Å². The monoisotopic (exact) mass is 394 g/mol. The summed E-state index contributed by atoms with van der Waals surface area (Å²) in [6.07, 6.45) is 0. The van der Waals surface area contributed by atoms with Crippen LogP contribution in [0.1, 0.15) is 5.56 Å². The van der Waals surface area contributed by atoms with Gasteiger partial charge in [-0.1, -0.05) is 109 Å². The van der Waals surface area contributed by atoms with Crippen molar-refractivity contribution in [3.63, 3.8) is 0 Å². The average molecular weight is 395 g/mol. The number of hydrogen-bond donors (Lipinski definition) is 0. The Morgan fingerprint density at radius 3 is 1.55 bits per heavy atom. The number of hydrogen-bond acceptors (Lipinski definition) is 0. The van der Waals surface area contributed by atoms with Crippen LogP contribution in [0.25, 0.3) is 54.6 Å². The molecule has 6 aromatic rings. The molecule has 0 saturated heterocycles. The normalized spacial score (nSPS) is 11.4. The van der Waals surface area contributed by atoms with Gasteiger partial charge in [-0.2, -0.15) is 0 Å². The van der Waals surface area contributed by atoms with Gasteiger partial charge in [-0.3, -0.25) is 0 Å². The molecule has 0 saturated carbocycles. The summed E-state index contributed by atoms with van der Waals surface area (Å²) in [6, 6.07) is 41.8. The van der Waals surface area contributed by atoms with Crippen molar-refractivity contribution in [2.24, 2.45) is 0 Å². The zero-order valence-corrected chi connectivity index (χ0v) is 17.5. The maximum absolute atomic E-state index is 2.36. The molecular weight excluding hydrogens is 372 g/mol. The molecule has 0 heterocycles. The van der Waals surface area contributed by atoms with Gasteiger partial charge in [-0.05, 0) is 73.1 Å². The minimum atomic E-state index is 1.28. The third kappa shape index (κ3) is 2.84. The zero-order chi connectivity index (χ0) is 20.8. The molecule has 0 aliphatic carbocycles. The Morgan fingerprint density at radius 1 is 0.387 bits per heavy atom. The topological polar surface area (TPSA) is 0 Å². The van der Waals surface area contributed by atoms with Crippen LogP contribution < -0.4 is 0 Å². The molecule has 0 nitrogen and oxygen atoms in total. The van der Waals surface area contributed by atoms with E-state index in [-0.39, 0.29) is 0 Å². The van der Waals surface area contributed by atoms with E-state index in [9.17, 15) is 0 Å². The number of fused-ring (bicyclic) bond motifs is 3. The fourth-order valence-electron chi connectivity index (χ4n) is 4.98. The van der Waals surface area contributed by atoms with Gasteiger partial charge in [0.2, 0.25) is 0 Å². The molecule has 0 amide bonds. The lowest BCUT2D eigenvalue weighted by Gasteiger charge is -2.18. The Hall–Kier alpha value is -3.90. The summed E-state index contributed by atoms with van der Waals surface area (Å²) < 4.78 is 0. The fourth-order valence-corrected chi connectivity index (χ4v) is 4.98. The van der Waals surface area contributed by atoms with Crippen LogP contribution in [0.3, 0.4) is 0 Å². The second-order valence-corrected chi connectivity index (χ2v) is 8.20. The maximum Gasteiger partial charge on any atom is -0.00637 e. The number of benzene rings is 6. The summed E-state index contributed by atoms with van der Waals surface area (Å²) in [6.45, 7) is 2.28. The summed E-state index contributed by atoms with van der Waals surface area (Å²) in [4.78, 5) is 0. The van der Waals surface area contributed by atoms with Crippen LogP contribution in [-0.2, 0) is 0 Å². The van der Waals surface area contributed by atoms with Crippen molar-refractivity contribution in [3.05, 3.63) is 121 Å². The van der Waals surface area contributed by atoms with Gasteiger partial charge < -0.3 is 0 Å². The molecule has 0 heteroatoms. The highest BCUT2D eigenvalue weighted by atomic mass is 14.2. The molecule has 0 aliphatic rings. The second-order valence-electron chi connectivity index (χ2n) is 8.20. The molecule has 0 radical (unpaired) electrons. The molecule has 0 aromatic heterocycles. The van der Waals surface area contributed by atoms with E-state index in [0.717, 1.165) is 0 Å². The average Bonchev–Trinajstić information content (AvgIpc) is 2.83. The lowest BCUT2D eigenvalue weighted by atomic mass is 9.85. The Bertz CT molecular complexity index is 1580. The van der Waals surface area contributed by atoms with Gasteiger partial charge >= 0.3 is 0 Å². The molecule has 146 valence electrons. The van der Waals surface area contributed by atoms with Crippen LogP contribution in [0.15, 0.2) is 115 Å². The molecule has 0 fully saturated rings. The van der Waals surface area contributed by atoms with Gasteiger partial charge in [0.25, 0.3) is 0 Å². The largest absolute Gasteiger partial charge is 0.0616 e. The molecule has 0 atom stereocenters. The molecule has 31 heavy (non-hydrogen) atoms. The van der Waals surface area contributed by atoms with Crippen LogP contribution in [0.5, 0.6) is 0 Å². The third-order valence-corrected chi connectivity index (χ3v) is 6.45. The predicted molar refractivity (Wildman–Crippen MR) is 135 cm³/mol. The van der Waals surface area contributed by atoms with E-state index in [1.54, 1.807) is 0 Å². The summed E-state index contributed by atoms with van der Waals surface area (Å²) in [5.41, 5.74) is 6.56. The van der Waals surface area contributed by atoms with Crippen molar-refractivity contribution in [1.82, 2.24) is 0 Å². The first kappa shape index (κ1) is 17.9.